The minimum absolute atomic E-state index is 0.609. The average Bonchev–Trinajstić information content (AvgIpc) is 2.18. The Labute approximate surface area is 77.0 Å². The second-order valence-corrected chi connectivity index (χ2v) is 3.11. The van der Waals surface area contributed by atoms with E-state index < -0.39 is 0 Å². The Balaban J connectivity index is 2.79. The third-order valence-electron chi connectivity index (χ3n) is 2.22. The number of aryl methyl sites for hydroxylation is 1. The molecule has 0 heterocycles. The van der Waals surface area contributed by atoms with E-state index in [1.807, 2.05) is 30.6 Å². The van der Waals surface area contributed by atoms with Gasteiger partial charge in [0.15, 0.2) is 0 Å². The van der Waals surface area contributed by atoms with Gasteiger partial charge >= 0.3 is 0 Å². The highest BCUT2D eigenvalue weighted by molar-refractivity contribution is 5.90. The highest BCUT2D eigenvalue weighted by Crippen LogP contribution is 2.18. The number of rotatable bonds is 1. The molecule has 0 aromatic heterocycles. The molecule has 1 heteroatoms. The van der Waals surface area contributed by atoms with E-state index in [-0.39, 0.29) is 0 Å². The van der Waals surface area contributed by atoms with Crippen LogP contribution in [0.4, 0.5) is 0 Å². The molecule has 0 unspecified atom stereocenters. The molecular formula is C12H9O. The minimum Gasteiger partial charge on any atom is -0.285 e. The molecule has 0 saturated heterocycles. The van der Waals surface area contributed by atoms with E-state index in [1.165, 1.54) is 10.9 Å². The Bertz CT molecular complexity index is 458. The largest absolute Gasteiger partial charge is 0.285 e. The molecule has 0 amide bonds. The van der Waals surface area contributed by atoms with Crippen molar-refractivity contribution in [3.05, 3.63) is 47.5 Å². The second-order valence-electron chi connectivity index (χ2n) is 3.11. The maximum atomic E-state index is 10.4. The highest BCUT2D eigenvalue weighted by Gasteiger charge is 1.97. The molecule has 0 aliphatic rings. The first-order valence-electron chi connectivity index (χ1n) is 4.19. The summed E-state index contributed by atoms with van der Waals surface area (Å²) in [5.74, 6) is 0. The average molecular weight is 169 g/mol. The third kappa shape index (κ3) is 1.33. The molecule has 2 aromatic rings. The van der Waals surface area contributed by atoms with Crippen LogP contribution in [0.5, 0.6) is 0 Å². The van der Waals surface area contributed by atoms with Crippen LogP contribution in [0.2, 0.25) is 0 Å². The summed E-state index contributed by atoms with van der Waals surface area (Å²) in [5, 5.41) is 2.29. The van der Waals surface area contributed by atoms with Gasteiger partial charge in [0.1, 0.15) is 0 Å². The van der Waals surface area contributed by atoms with Gasteiger partial charge in [-0.3, -0.25) is 4.79 Å². The van der Waals surface area contributed by atoms with Crippen LogP contribution in [-0.4, -0.2) is 6.29 Å². The van der Waals surface area contributed by atoms with Crippen molar-refractivity contribution >= 4 is 17.1 Å². The minimum atomic E-state index is 0.609. The predicted octanol–water partition coefficient (Wildman–Crippen LogP) is 2.61. The lowest BCUT2D eigenvalue weighted by Gasteiger charge is -2.01. The van der Waals surface area contributed by atoms with Crippen molar-refractivity contribution < 1.29 is 4.79 Å². The Morgan fingerprint density at radius 2 is 2.00 bits per heavy atom. The van der Waals surface area contributed by atoms with Crippen LogP contribution in [0.15, 0.2) is 36.4 Å². The first-order chi connectivity index (χ1) is 6.31. The van der Waals surface area contributed by atoms with Gasteiger partial charge in [-0.15, -0.1) is 0 Å². The van der Waals surface area contributed by atoms with Crippen molar-refractivity contribution in [3.8, 4) is 0 Å². The fraction of sp³-hybridized carbons (Fsp3) is 0.0833. The molecule has 13 heavy (non-hydrogen) atoms. The van der Waals surface area contributed by atoms with E-state index in [0.717, 1.165) is 5.39 Å². The normalized spacial score (nSPS) is 10.2. The van der Waals surface area contributed by atoms with E-state index >= 15 is 0 Å². The Morgan fingerprint density at radius 1 is 1.15 bits per heavy atom. The monoisotopic (exact) mass is 169 g/mol. The van der Waals surface area contributed by atoms with E-state index in [1.54, 1.807) is 6.07 Å². The molecule has 63 valence electrons. The van der Waals surface area contributed by atoms with Gasteiger partial charge in [0.25, 0.3) is 0 Å². The summed E-state index contributed by atoms with van der Waals surface area (Å²) < 4.78 is 0. The molecule has 0 fully saturated rings. The van der Waals surface area contributed by atoms with Crippen LogP contribution in [0, 0.1) is 6.92 Å². The van der Waals surface area contributed by atoms with E-state index in [9.17, 15) is 4.79 Å². The van der Waals surface area contributed by atoms with Crippen molar-refractivity contribution in [3.63, 3.8) is 0 Å². The topological polar surface area (TPSA) is 17.1 Å². The lowest BCUT2D eigenvalue weighted by atomic mass is 10.0. The smallest absolute Gasteiger partial charge is 0.233 e. The standard InChI is InChI=1S/C12H9O/c1-9-3-2-4-11-7-10(8-13)5-6-12(9)11/h2-7H,1H3. The SMILES string of the molecule is Cc1cccc2cc([C]=O)ccc12. The maximum absolute atomic E-state index is 10.4. The number of hydrogen-bond donors (Lipinski definition) is 0. The first-order valence-corrected chi connectivity index (χ1v) is 4.19. The number of hydrogen-bond acceptors (Lipinski definition) is 1. The van der Waals surface area contributed by atoms with Crippen molar-refractivity contribution in [1.82, 2.24) is 0 Å². The van der Waals surface area contributed by atoms with E-state index in [0.29, 0.717) is 5.56 Å². The molecule has 2 aromatic carbocycles. The van der Waals surface area contributed by atoms with Crippen molar-refractivity contribution in [1.29, 1.82) is 0 Å². The van der Waals surface area contributed by atoms with Crippen molar-refractivity contribution in [2.24, 2.45) is 0 Å². The van der Waals surface area contributed by atoms with Gasteiger partial charge in [-0.25, -0.2) is 0 Å². The Hall–Kier alpha value is -1.63. The number of fused-ring (bicyclic) bond motifs is 1. The molecular weight excluding hydrogens is 160 g/mol. The van der Waals surface area contributed by atoms with Crippen LogP contribution in [-0.2, 0) is 4.79 Å². The number of benzene rings is 2. The molecule has 0 spiro atoms. The van der Waals surface area contributed by atoms with Crippen LogP contribution in [0.3, 0.4) is 0 Å². The molecule has 1 nitrogen and oxygen atoms in total. The molecule has 0 N–H and O–H groups in total. The molecule has 0 saturated carbocycles. The maximum Gasteiger partial charge on any atom is 0.233 e. The molecule has 1 radical (unpaired) electrons. The van der Waals surface area contributed by atoms with Gasteiger partial charge in [-0.2, -0.15) is 0 Å². The Morgan fingerprint density at radius 3 is 2.77 bits per heavy atom. The van der Waals surface area contributed by atoms with Crippen molar-refractivity contribution in [2.75, 3.05) is 0 Å². The Kier molecular flexibility index (Phi) is 1.85. The fourth-order valence-electron chi connectivity index (χ4n) is 1.51. The van der Waals surface area contributed by atoms with E-state index in [2.05, 4.69) is 13.0 Å². The van der Waals surface area contributed by atoms with Crippen LogP contribution in [0.1, 0.15) is 11.1 Å². The van der Waals surface area contributed by atoms with Gasteiger partial charge < -0.3 is 0 Å². The summed E-state index contributed by atoms with van der Waals surface area (Å²) in [7, 11) is 0. The van der Waals surface area contributed by atoms with Crippen LogP contribution in [0.25, 0.3) is 10.8 Å². The third-order valence-corrected chi connectivity index (χ3v) is 2.22. The molecule has 0 aliphatic carbocycles. The molecule has 2 rings (SSSR count). The molecule has 0 aliphatic heterocycles. The second kappa shape index (κ2) is 3.02. The van der Waals surface area contributed by atoms with Gasteiger partial charge in [0, 0.05) is 5.56 Å². The molecule has 0 bridgehead atoms. The zero-order valence-electron chi connectivity index (χ0n) is 7.37. The summed E-state index contributed by atoms with van der Waals surface area (Å²) >= 11 is 0. The van der Waals surface area contributed by atoms with Crippen LogP contribution < -0.4 is 0 Å². The van der Waals surface area contributed by atoms with Gasteiger partial charge in [-0.1, -0.05) is 30.3 Å². The van der Waals surface area contributed by atoms with E-state index in [4.69, 9.17) is 0 Å². The lowest BCUT2D eigenvalue weighted by molar-refractivity contribution is 0.563. The summed E-state index contributed by atoms with van der Waals surface area (Å²) in [6.45, 7) is 2.06. The lowest BCUT2D eigenvalue weighted by Crippen LogP contribution is -1.82. The van der Waals surface area contributed by atoms with Gasteiger partial charge in [0.2, 0.25) is 6.29 Å². The highest BCUT2D eigenvalue weighted by atomic mass is 16.1. The molecule has 0 atom stereocenters. The summed E-state index contributed by atoms with van der Waals surface area (Å²) in [5.41, 5.74) is 1.84. The summed E-state index contributed by atoms with van der Waals surface area (Å²) in [6, 6.07) is 11.7. The first kappa shape index (κ1) is 7.99. The van der Waals surface area contributed by atoms with Gasteiger partial charge in [-0.05, 0) is 29.3 Å². The quantitative estimate of drug-likeness (QED) is 0.641. The number of carbonyl (C=O) groups excluding carboxylic acids is 1. The van der Waals surface area contributed by atoms with Crippen molar-refractivity contribution in [2.45, 2.75) is 6.92 Å². The zero-order valence-corrected chi connectivity index (χ0v) is 7.37. The van der Waals surface area contributed by atoms with Crippen LogP contribution >= 0.6 is 0 Å². The zero-order chi connectivity index (χ0) is 9.26. The van der Waals surface area contributed by atoms with Gasteiger partial charge in [0.05, 0.1) is 0 Å². The predicted molar refractivity (Wildman–Crippen MR) is 53.5 cm³/mol. The fourth-order valence-corrected chi connectivity index (χ4v) is 1.51. The summed E-state index contributed by atoms with van der Waals surface area (Å²) in [6.07, 6.45) is 1.89. The summed E-state index contributed by atoms with van der Waals surface area (Å²) in [4.78, 5) is 10.4.